The monoisotopic (exact) mass is 292 g/mol. The number of hydrogen-bond donors (Lipinski definition) is 4. The highest BCUT2D eigenvalue weighted by molar-refractivity contribution is 5.82. The van der Waals surface area contributed by atoms with E-state index >= 15 is 0 Å². The molecule has 1 aromatic carbocycles. The van der Waals surface area contributed by atoms with Crippen LogP contribution in [0.5, 0.6) is 11.5 Å². The van der Waals surface area contributed by atoms with Crippen LogP contribution in [0.4, 0.5) is 4.79 Å². The van der Waals surface area contributed by atoms with Gasteiger partial charge in [-0.3, -0.25) is 0 Å². The van der Waals surface area contributed by atoms with E-state index in [0.29, 0.717) is 5.56 Å². The summed E-state index contributed by atoms with van der Waals surface area (Å²) in [6.07, 6.45) is 5.03. The van der Waals surface area contributed by atoms with Gasteiger partial charge < -0.3 is 25.5 Å². The second-order valence-corrected chi connectivity index (χ2v) is 4.43. The quantitative estimate of drug-likeness (QED) is 0.463. The van der Waals surface area contributed by atoms with Gasteiger partial charge in [-0.2, -0.15) is 0 Å². The molecule has 1 atom stereocenters. The van der Waals surface area contributed by atoms with Crippen LogP contribution in [-0.4, -0.2) is 51.9 Å². The molecule has 21 heavy (non-hydrogen) atoms. The number of benzene rings is 1. The van der Waals surface area contributed by atoms with E-state index in [1.165, 1.54) is 30.1 Å². The van der Waals surface area contributed by atoms with Crippen LogP contribution in [0.15, 0.2) is 18.2 Å². The molecule has 0 aromatic heterocycles. The lowest BCUT2D eigenvalue weighted by Gasteiger charge is -2.20. The molecule has 0 aliphatic rings. The number of phenols is 2. The smallest absolute Gasteiger partial charge is 0.326 e. The van der Waals surface area contributed by atoms with Crippen LogP contribution in [0, 0.1) is 12.3 Å². The lowest BCUT2D eigenvalue weighted by Crippen LogP contribution is -2.47. The molecule has 0 aliphatic heterocycles. The second kappa shape index (κ2) is 7.05. The molecule has 0 spiro atoms. The summed E-state index contributed by atoms with van der Waals surface area (Å²) in [6.45, 7) is 0.0537. The number of carbonyl (C=O) groups excluding carboxylic acids is 1. The van der Waals surface area contributed by atoms with E-state index in [4.69, 9.17) is 11.5 Å². The molecule has 1 rings (SSSR count). The fourth-order valence-electron chi connectivity index (χ4n) is 1.60. The van der Waals surface area contributed by atoms with E-state index in [9.17, 15) is 19.8 Å². The molecule has 7 heteroatoms. The standard InChI is InChI=1S/C14H16N2O5/c1-3-6-16(2)14(21)15-10(13(19)20)7-9-4-5-11(17)12(18)8-9/h1,4-5,8,10,17-18H,6-7H2,2H3,(H,15,21)(H,19,20)/t10-/m0/s1. The van der Waals surface area contributed by atoms with Crippen molar-refractivity contribution in [2.24, 2.45) is 0 Å². The maximum Gasteiger partial charge on any atom is 0.326 e. The first-order chi connectivity index (χ1) is 9.85. The van der Waals surface area contributed by atoms with E-state index in [1.807, 2.05) is 0 Å². The van der Waals surface area contributed by atoms with Gasteiger partial charge in [0.1, 0.15) is 6.04 Å². The third-order valence-corrected chi connectivity index (χ3v) is 2.75. The average Bonchev–Trinajstić information content (AvgIpc) is 2.42. The number of carboxylic acids is 1. The minimum absolute atomic E-state index is 0.0429. The molecule has 0 fully saturated rings. The Labute approximate surface area is 121 Å². The van der Waals surface area contributed by atoms with Crippen molar-refractivity contribution in [3.8, 4) is 23.8 Å². The number of amides is 2. The number of carbonyl (C=O) groups is 2. The normalized spacial score (nSPS) is 11.2. The molecule has 7 nitrogen and oxygen atoms in total. The van der Waals surface area contributed by atoms with E-state index in [2.05, 4.69) is 11.2 Å². The van der Waals surface area contributed by atoms with Gasteiger partial charge in [-0.1, -0.05) is 12.0 Å². The summed E-state index contributed by atoms with van der Waals surface area (Å²) in [5.41, 5.74) is 0.456. The molecule has 0 radical (unpaired) electrons. The van der Waals surface area contributed by atoms with E-state index in [0.717, 1.165) is 0 Å². The van der Waals surface area contributed by atoms with Gasteiger partial charge in [0.2, 0.25) is 0 Å². The Bertz CT molecular complexity index is 579. The van der Waals surface area contributed by atoms with Gasteiger partial charge in [0, 0.05) is 13.5 Å². The van der Waals surface area contributed by atoms with Crippen LogP contribution in [0.1, 0.15) is 5.56 Å². The van der Waals surface area contributed by atoms with Crippen molar-refractivity contribution in [1.82, 2.24) is 10.2 Å². The summed E-state index contributed by atoms with van der Waals surface area (Å²) >= 11 is 0. The highest BCUT2D eigenvalue weighted by Gasteiger charge is 2.22. The van der Waals surface area contributed by atoms with Gasteiger partial charge in [-0.05, 0) is 17.7 Å². The van der Waals surface area contributed by atoms with Crippen LogP contribution in [0.2, 0.25) is 0 Å². The largest absolute Gasteiger partial charge is 0.504 e. The Hall–Kier alpha value is -2.88. The topological polar surface area (TPSA) is 110 Å². The predicted octanol–water partition coefficient (Wildman–Crippen LogP) is 0.368. The molecule has 0 bridgehead atoms. The molecule has 1 aromatic rings. The Morgan fingerprint density at radius 1 is 1.38 bits per heavy atom. The zero-order chi connectivity index (χ0) is 16.0. The van der Waals surface area contributed by atoms with Crippen molar-refractivity contribution in [2.45, 2.75) is 12.5 Å². The van der Waals surface area contributed by atoms with Gasteiger partial charge in [-0.15, -0.1) is 6.42 Å². The van der Waals surface area contributed by atoms with Crippen molar-refractivity contribution < 1.29 is 24.9 Å². The van der Waals surface area contributed by atoms with E-state index in [1.54, 1.807) is 0 Å². The summed E-state index contributed by atoms with van der Waals surface area (Å²) in [4.78, 5) is 24.1. The molecule has 0 saturated carbocycles. The SMILES string of the molecule is C#CCN(C)C(=O)N[C@@H](Cc1ccc(O)c(O)c1)C(=O)O. The molecule has 0 saturated heterocycles. The van der Waals surface area contributed by atoms with Crippen molar-refractivity contribution >= 4 is 12.0 Å². The maximum absolute atomic E-state index is 11.7. The van der Waals surface area contributed by atoms with Crippen molar-refractivity contribution in [1.29, 1.82) is 0 Å². The Balaban J connectivity index is 2.79. The zero-order valence-corrected chi connectivity index (χ0v) is 11.4. The van der Waals surface area contributed by atoms with Gasteiger partial charge in [0.25, 0.3) is 0 Å². The maximum atomic E-state index is 11.7. The number of aromatic hydroxyl groups is 2. The number of carboxylic acid groups (broad SMARTS) is 1. The summed E-state index contributed by atoms with van der Waals surface area (Å²) in [7, 11) is 1.44. The molecule has 4 N–H and O–H groups in total. The van der Waals surface area contributed by atoms with Gasteiger partial charge in [-0.25, -0.2) is 9.59 Å². The fraction of sp³-hybridized carbons (Fsp3) is 0.286. The first kappa shape index (κ1) is 16.2. The van der Waals surface area contributed by atoms with Crippen LogP contribution in [0.25, 0.3) is 0 Å². The summed E-state index contributed by atoms with van der Waals surface area (Å²) in [5, 5.41) is 30.0. The lowest BCUT2D eigenvalue weighted by molar-refractivity contribution is -0.139. The van der Waals surface area contributed by atoms with Crippen LogP contribution < -0.4 is 5.32 Å². The lowest BCUT2D eigenvalue weighted by atomic mass is 10.1. The number of aliphatic carboxylic acids is 1. The molecular weight excluding hydrogens is 276 g/mol. The second-order valence-electron chi connectivity index (χ2n) is 4.43. The predicted molar refractivity (Wildman–Crippen MR) is 74.9 cm³/mol. The van der Waals surface area contributed by atoms with E-state index in [-0.39, 0.29) is 24.5 Å². The first-order valence-electron chi connectivity index (χ1n) is 6.04. The highest BCUT2D eigenvalue weighted by Crippen LogP contribution is 2.25. The van der Waals surface area contributed by atoms with Crippen molar-refractivity contribution in [3.05, 3.63) is 23.8 Å². The minimum Gasteiger partial charge on any atom is -0.504 e. The Kier molecular flexibility index (Phi) is 5.43. The van der Waals surface area contributed by atoms with Crippen LogP contribution in [0.3, 0.4) is 0 Å². The number of terminal acetylenes is 1. The van der Waals surface area contributed by atoms with Crippen molar-refractivity contribution in [3.63, 3.8) is 0 Å². The third kappa shape index (κ3) is 4.62. The fourth-order valence-corrected chi connectivity index (χ4v) is 1.60. The molecular formula is C14H16N2O5. The number of phenolic OH excluding ortho intramolecular Hbond substituents is 2. The van der Waals surface area contributed by atoms with E-state index < -0.39 is 18.0 Å². The number of nitrogens with one attached hydrogen (secondary N) is 1. The summed E-state index contributed by atoms with van der Waals surface area (Å²) in [6, 6.07) is 2.16. The third-order valence-electron chi connectivity index (χ3n) is 2.75. The van der Waals surface area contributed by atoms with Crippen LogP contribution in [-0.2, 0) is 11.2 Å². The number of urea groups is 1. The molecule has 112 valence electrons. The minimum atomic E-state index is -1.22. The van der Waals surface area contributed by atoms with Gasteiger partial charge in [0.05, 0.1) is 6.54 Å². The average molecular weight is 292 g/mol. The number of hydrogen-bond acceptors (Lipinski definition) is 4. The molecule has 0 unspecified atom stereocenters. The van der Waals surface area contributed by atoms with Crippen LogP contribution >= 0.6 is 0 Å². The Morgan fingerprint density at radius 2 is 2.05 bits per heavy atom. The zero-order valence-electron chi connectivity index (χ0n) is 11.4. The van der Waals surface area contributed by atoms with Gasteiger partial charge in [0.15, 0.2) is 11.5 Å². The first-order valence-corrected chi connectivity index (χ1v) is 6.04. The highest BCUT2D eigenvalue weighted by atomic mass is 16.4. The Morgan fingerprint density at radius 3 is 2.57 bits per heavy atom. The van der Waals surface area contributed by atoms with Crippen molar-refractivity contribution in [2.75, 3.05) is 13.6 Å². The number of nitrogens with zero attached hydrogens (tertiary/aromatic N) is 1. The molecule has 0 aliphatic carbocycles. The number of rotatable bonds is 5. The summed E-state index contributed by atoms with van der Waals surface area (Å²) in [5.74, 6) is 0.397. The van der Waals surface area contributed by atoms with Gasteiger partial charge >= 0.3 is 12.0 Å². The summed E-state index contributed by atoms with van der Waals surface area (Å²) < 4.78 is 0. The molecule has 2 amide bonds. The molecule has 0 heterocycles.